The molecule has 19 heavy (non-hydrogen) atoms. The molecule has 0 atom stereocenters. The van der Waals surface area contributed by atoms with Crippen LogP contribution in [0.3, 0.4) is 0 Å². The summed E-state index contributed by atoms with van der Waals surface area (Å²) in [7, 11) is 0. The van der Waals surface area contributed by atoms with Crippen molar-refractivity contribution in [2.24, 2.45) is 4.99 Å². The first kappa shape index (κ1) is 11.5. The normalized spacial score (nSPS) is 16.3. The highest BCUT2D eigenvalue weighted by atomic mass is 16.6. The first-order valence-corrected chi connectivity index (χ1v) is 6.01. The number of benzene rings is 1. The van der Waals surface area contributed by atoms with Crippen LogP contribution in [0.2, 0.25) is 0 Å². The SMILES string of the molecule is O=C(OCc1ccccc1)N1C=CN2CC=NC2=C1. The molecule has 0 saturated carbocycles. The third kappa shape index (κ3) is 2.49. The van der Waals surface area contributed by atoms with Crippen molar-refractivity contribution in [3.8, 4) is 0 Å². The topological polar surface area (TPSA) is 45.1 Å². The first-order valence-electron chi connectivity index (χ1n) is 6.01. The minimum absolute atomic E-state index is 0.264. The fraction of sp³-hybridized carbons (Fsp3) is 0.143. The molecular formula is C14H13N3O2. The van der Waals surface area contributed by atoms with Gasteiger partial charge in [-0.2, -0.15) is 0 Å². The van der Waals surface area contributed by atoms with Gasteiger partial charge in [-0.05, 0) is 5.56 Å². The Bertz CT molecular complexity index is 563. The fourth-order valence-corrected chi connectivity index (χ4v) is 1.86. The van der Waals surface area contributed by atoms with Crippen LogP contribution in [0.4, 0.5) is 4.79 Å². The molecule has 0 N–H and O–H groups in total. The summed E-state index contributed by atoms with van der Waals surface area (Å²) in [5, 5.41) is 0. The van der Waals surface area contributed by atoms with Crippen LogP contribution in [0.15, 0.2) is 59.7 Å². The number of amides is 1. The van der Waals surface area contributed by atoms with E-state index in [0.717, 1.165) is 17.9 Å². The van der Waals surface area contributed by atoms with E-state index in [1.807, 2.05) is 41.4 Å². The molecule has 1 aromatic rings. The predicted molar refractivity (Wildman–Crippen MR) is 70.9 cm³/mol. The number of ether oxygens (including phenoxy) is 1. The molecule has 5 nitrogen and oxygen atoms in total. The molecule has 2 heterocycles. The lowest BCUT2D eigenvalue weighted by Gasteiger charge is -2.22. The Morgan fingerprint density at radius 2 is 2.11 bits per heavy atom. The Labute approximate surface area is 111 Å². The average molecular weight is 255 g/mol. The highest BCUT2D eigenvalue weighted by molar-refractivity contribution is 5.72. The van der Waals surface area contributed by atoms with Gasteiger partial charge in [0.05, 0.1) is 12.7 Å². The quantitative estimate of drug-likeness (QED) is 0.814. The summed E-state index contributed by atoms with van der Waals surface area (Å²) in [5.41, 5.74) is 0.963. The van der Waals surface area contributed by atoms with E-state index >= 15 is 0 Å². The summed E-state index contributed by atoms with van der Waals surface area (Å²) in [6.07, 6.45) is 6.54. The Morgan fingerprint density at radius 1 is 1.26 bits per heavy atom. The lowest BCUT2D eigenvalue weighted by Crippen LogP contribution is -2.27. The Hall–Kier alpha value is -2.56. The number of rotatable bonds is 2. The fourth-order valence-electron chi connectivity index (χ4n) is 1.86. The maximum Gasteiger partial charge on any atom is 0.418 e. The monoisotopic (exact) mass is 255 g/mol. The molecule has 5 heteroatoms. The van der Waals surface area contributed by atoms with E-state index < -0.39 is 6.09 Å². The summed E-state index contributed by atoms with van der Waals surface area (Å²) < 4.78 is 5.24. The van der Waals surface area contributed by atoms with Crippen LogP contribution in [-0.2, 0) is 11.3 Å². The van der Waals surface area contributed by atoms with Gasteiger partial charge in [0.1, 0.15) is 12.4 Å². The minimum Gasteiger partial charge on any atom is -0.444 e. The molecule has 0 spiro atoms. The van der Waals surface area contributed by atoms with Crippen LogP contribution < -0.4 is 0 Å². The van der Waals surface area contributed by atoms with Gasteiger partial charge in [-0.1, -0.05) is 30.3 Å². The smallest absolute Gasteiger partial charge is 0.418 e. The van der Waals surface area contributed by atoms with Gasteiger partial charge >= 0.3 is 6.09 Å². The van der Waals surface area contributed by atoms with Gasteiger partial charge in [-0.3, -0.25) is 4.90 Å². The van der Waals surface area contributed by atoms with Crippen molar-refractivity contribution < 1.29 is 9.53 Å². The number of carbonyl (C=O) groups excluding carboxylic acids is 1. The second-order valence-corrected chi connectivity index (χ2v) is 4.20. The average Bonchev–Trinajstić information content (AvgIpc) is 2.93. The zero-order valence-electron chi connectivity index (χ0n) is 10.3. The molecule has 0 saturated heterocycles. The molecule has 0 unspecified atom stereocenters. The van der Waals surface area contributed by atoms with Crippen molar-refractivity contribution in [1.29, 1.82) is 0 Å². The van der Waals surface area contributed by atoms with Crippen molar-refractivity contribution >= 4 is 12.3 Å². The predicted octanol–water partition coefficient (Wildman–Crippen LogP) is 2.30. The van der Waals surface area contributed by atoms with Gasteiger partial charge in [0.15, 0.2) is 0 Å². The molecule has 0 aromatic heterocycles. The van der Waals surface area contributed by atoms with E-state index in [-0.39, 0.29) is 6.61 Å². The zero-order valence-corrected chi connectivity index (χ0v) is 10.3. The molecule has 96 valence electrons. The molecule has 3 rings (SSSR count). The third-order valence-corrected chi connectivity index (χ3v) is 2.87. The Kier molecular flexibility index (Phi) is 3.02. The molecule has 0 bridgehead atoms. The van der Waals surface area contributed by atoms with E-state index in [9.17, 15) is 4.79 Å². The Morgan fingerprint density at radius 3 is 2.95 bits per heavy atom. The highest BCUT2D eigenvalue weighted by Gasteiger charge is 2.20. The third-order valence-electron chi connectivity index (χ3n) is 2.87. The minimum atomic E-state index is -0.408. The van der Waals surface area contributed by atoms with Crippen LogP contribution in [0.25, 0.3) is 0 Å². The van der Waals surface area contributed by atoms with Crippen molar-refractivity contribution in [2.75, 3.05) is 6.54 Å². The van der Waals surface area contributed by atoms with Gasteiger partial charge in [0, 0.05) is 18.6 Å². The zero-order chi connectivity index (χ0) is 13.1. The first-order chi connectivity index (χ1) is 9.33. The second kappa shape index (κ2) is 4.97. The molecule has 0 aliphatic carbocycles. The van der Waals surface area contributed by atoms with Crippen molar-refractivity contribution in [1.82, 2.24) is 9.80 Å². The van der Waals surface area contributed by atoms with Gasteiger partial charge in [-0.25, -0.2) is 9.79 Å². The summed E-state index contributed by atoms with van der Waals surface area (Å²) in [6, 6.07) is 9.59. The molecular weight excluding hydrogens is 242 g/mol. The second-order valence-electron chi connectivity index (χ2n) is 4.20. The van der Waals surface area contributed by atoms with Crippen LogP contribution in [0.5, 0.6) is 0 Å². The molecule has 0 fully saturated rings. The number of hydrogen-bond donors (Lipinski definition) is 0. The van der Waals surface area contributed by atoms with Crippen molar-refractivity contribution in [3.05, 3.63) is 60.3 Å². The van der Waals surface area contributed by atoms with Crippen molar-refractivity contribution in [2.45, 2.75) is 6.61 Å². The number of aliphatic imine (C=N–C) groups is 1. The lowest BCUT2D eigenvalue weighted by atomic mass is 10.2. The van der Waals surface area contributed by atoms with E-state index in [2.05, 4.69) is 4.99 Å². The highest BCUT2D eigenvalue weighted by Crippen LogP contribution is 2.18. The van der Waals surface area contributed by atoms with E-state index in [0.29, 0.717) is 0 Å². The van der Waals surface area contributed by atoms with Gasteiger partial charge in [0.25, 0.3) is 0 Å². The molecule has 0 radical (unpaired) electrons. The lowest BCUT2D eigenvalue weighted by molar-refractivity contribution is 0.119. The van der Waals surface area contributed by atoms with E-state index in [1.54, 1.807) is 18.6 Å². The van der Waals surface area contributed by atoms with Gasteiger partial charge < -0.3 is 9.64 Å². The molecule has 1 amide bonds. The number of nitrogens with zero attached hydrogens (tertiary/aromatic N) is 3. The molecule has 2 aliphatic rings. The van der Waals surface area contributed by atoms with Crippen LogP contribution in [0.1, 0.15) is 5.56 Å². The summed E-state index contributed by atoms with van der Waals surface area (Å²) in [6.45, 7) is 1.01. The molecule has 2 aliphatic heterocycles. The summed E-state index contributed by atoms with van der Waals surface area (Å²) in [5.74, 6) is 0.749. The number of hydrogen-bond acceptors (Lipinski definition) is 4. The summed E-state index contributed by atoms with van der Waals surface area (Å²) in [4.78, 5) is 19.4. The standard InChI is InChI=1S/C14H13N3O2/c18-14(19-11-12-4-2-1-3-5-12)17-9-8-16-7-6-15-13(16)10-17/h1-6,8-10H,7,11H2. The Balaban J connectivity index is 1.61. The van der Waals surface area contributed by atoms with Gasteiger partial charge in [-0.15, -0.1) is 0 Å². The van der Waals surface area contributed by atoms with Crippen molar-refractivity contribution in [3.63, 3.8) is 0 Å². The van der Waals surface area contributed by atoms with Gasteiger partial charge in [0.2, 0.25) is 0 Å². The van der Waals surface area contributed by atoms with E-state index in [4.69, 9.17) is 4.74 Å². The maximum atomic E-state index is 11.9. The van der Waals surface area contributed by atoms with Crippen LogP contribution in [0, 0.1) is 0 Å². The van der Waals surface area contributed by atoms with Crippen LogP contribution in [-0.4, -0.2) is 28.7 Å². The number of fused-ring (bicyclic) bond motifs is 1. The van der Waals surface area contributed by atoms with E-state index in [1.165, 1.54) is 4.90 Å². The molecule has 1 aromatic carbocycles. The number of carbonyl (C=O) groups is 1. The summed E-state index contributed by atoms with van der Waals surface area (Å²) >= 11 is 0. The van der Waals surface area contributed by atoms with Crippen LogP contribution >= 0.6 is 0 Å². The maximum absolute atomic E-state index is 11.9. The largest absolute Gasteiger partial charge is 0.444 e.